The molecule has 6 heteroatoms. The Morgan fingerprint density at radius 1 is 1.00 bits per heavy atom. The summed E-state index contributed by atoms with van der Waals surface area (Å²) in [7, 11) is -2.82. The van der Waals surface area contributed by atoms with Crippen molar-refractivity contribution in [2.45, 2.75) is 4.90 Å². The van der Waals surface area contributed by atoms with Crippen molar-refractivity contribution in [2.24, 2.45) is 0 Å². The quantitative estimate of drug-likeness (QED) is 0.678. The van der Waals surface area contributed by atoms with E-state index in [9.17, 15) is 13.2 Å². The van der Waals surface area contributed by atoms with Crippen LogP contribution in [0, 0.1) is 0 Å². The van der Waals surface area contributed by atoms with E-state index in [0.717, 1.165) is 13.3 Å². The molecule has 2 rings (SSSR count). The van der Waals surface area contributed by atoms with Gasteiger partial charge in [-0.25, -0.2) is 13.2 Å². The van der Waals surface area contributed by atoms with Crippen LogP contribution in [0.2, 0.25) is 0 Å². The number of carbonyl (C=O) groups is 1. The molecule has 2 aromatic carbocycles. The number of hydrogen-bond acceptors (Lipinski definition) is 5. The molecule has 0 aliphatic rings. The van der Waals surface area contributed by atoms with E-state index in [-0.39, 0.29) is 4.90 Å². The molecular formula is C16H15NO4S. The van der Waals surface area contributed by atoms with E-state index in [0.29, 0.717) is 5.69 Å². The van der Waals surface area contributed by atoms with E-state index < -0.39 is 20.7 Å². The zero-order valence-corrected chi connectivity index (χ0v) is 12.7. The van der Waals surface area contributed by atoms with Crippen LogP contribution in [-0.2, 0) is 19.4 Å². The number of nitrogens with one attached hydrogen (secondary N) is 1. The van der Waals surface area contributed by atoms with Crippen LogP contribution in [0.1, 0.15) is 0 Å². The van der Waals surface area contributed by atoms with Gasteiger partial charge >= 0.3 is 5.97 Å². The van der Waals surface area contributed by atoms with Gasteiger partial charge in [-0.15, -0.1) is 0 Å². The Bertz CT molecular complexity index is 768. The molecule has 22 heavy (non-hydrogen) atoms. The summed E-state index contributed by atoms with van der Waals surface area (Å²) in [5.74, 6) is -0.924. The summed E-state index contributed by atoms with van der Waals surface area (Å²) in [4.78, 5) is 11.4. The zero-order valence-electron chi connectivity index (χ0n) is 11.9. The van der Waals surface area contributed by atoms with Gasteiger partial charge in [0.05, 0.1) is 12.0 Å². The molecule has 0 aliphatic heterocycles. The van der Waals surface area contributed by atoms with Crippen molar-refractivity contribution in [1.29, 1.82) is 0 Å². The zero-order chi connectivity index (χ0) is 16.0. The van der Waals surface area contributed by atoms with E-state index in [1.807, 2.05) is 6.07 Å². The van der Waals surface area contributed by atoms with Crippen LogP contribution in [0.4, 0.5) is 5.69 Å². The number of rotatable bonds is 5. The first-order valence-electron chi connectivity index (χ1n) is 6.46. The molecule has 0 heterocycles. The van der Waals surface area contributed by atoms with Gasteiger partial charge in [-0.2, -0.15) is 0 Å². The lowest BCUT2D eigenvalue weighted by atomic mass is 10.3. The van der Waals surface area contributed by atoms with Gasteiger partial charge in [0, 0.05) is 11.9 Å². The van der Waals surface area contributed by atoms with E-state index in [1.54, 1.807) is 42.5 Å². The number of anilines is 1. The fourth-order valence-electron chi connectivity index (χ4n) is 1.76. The van der Waals surface area contributed by atoms with Crippen molar-refractivity contribution >= 4 is 21.5 Å². The smallest absolute Gasteiger partial charge is 0.351 e. The van der Waals surface area contributed by atoms with Crippen molar-refractivity contribution in [2.75, 3.05) is 12.4 Å². The maximum atomic E-state index is 12.5. The molecule has 2 aromatic rings. The van der Waals surface area contributed by atoms with Crippen LogP contribution in [-0.4, -0.2) is 21.5 Å². The summed E-state index contributed by atoms with van der Waals surface area (Å²) in [6, 6.07) is 16.6. The monoisotopic (exact) mass is 317 g/mol. The van der Waals surface area contributed by atoms with Crippen LogP contribution < -0.4 is 5.32 Å². The Morgan fingerprint density at radius 2 is 1.55 bits per heavy atom. The molecule has 0 aliphatic carbocycles. The van der Waals surface area contributed by atoms with Crippen LogP contribution >= 0.6 is 0 Å². The van der Waals surface area contributed by atoms with Gasteiger partial charge < -0.3 is 10.1 Å². The lowest BCUT2D eigenvalue weighted by molar-refractivity contribution is -0.135. The van der Waals surface area contributed by atoms with Crippen LogP contribution in [0.5, 0.6) is 0 Å². The summed E-state index contributed by atoms with van der Waals surface area (Å²) >= 11 is 0. The summed E-state index contributed by atoms with van der Waals surface area (Å²) < 4.78 is 29.7. The molecule has 0 atom stereocenters. The number of ether oxygens (including phenoxy) is 1. The Labute approximate surface area is 129 Å². The van der Waals surface area contributed by atoms with Crippen LogP contribution in [0.15, 0.2) is 76.7 Å². The number of methoxy groups -OCH3 is 1. The van der Waals surface area contributed by atoms with Gasteiger partial charge in [0.2, 0.25) is 9.84 Å². The number of carbonyl (C=O) groups excluding carboxylic acids is 1. The Hall–Kier alpha value is -2.60. The molecular weight excluding hydrogens is 302 g/mol. The number of sulfone groups is 1. The van der Waals surface area contributed by atoms with Gasteiger partial charge in [0.25, 0.3) is 0 Å². The van der Waals surface area contributed by atoms with Crippen molar-refractivity contribution in [3.05, 3.63) is 71.8 Å². The van der Waals surface area contributed by atoms with Crippen molar-refractivity contribution in [3.63, 3.8) is 0 Å². The first-order valence-corrected chi connectivity index (χ1v) is 7.94. The minimum Gasteiger partial charge on any atom is -0.465 e. The number of benzene rings is 2. The lowest BCUT2D eigenvalue weighted by Gasteiger charge is -2.08. The Kier molecular flexibility index (Phi) is 4.95. The maximum Gasteiger partial charge on any atom is 0.351 e. The normalized spacial score (nSPS) is 11.8. The maximum absolute atomic E-state index is 12.5. The minimum absolute atomic E-state index is 0.0292. The van der Waals surface area contributed by atoms with Crippen molar-refractivity contribution in [3.8, 4) is 0 Å². The summed E-state index contributed by atoms with van der Waals surface area (Å²) in [6.45, 7) is 0. The molecule has 0 aromatic heterocycles. The topological polar surface area (TPSA) is 72.5 Å². The van der Waals surface area contributed by atoms with Crippen molar-refractivity contribution in [1.82, 2.24) is 0 Å². The molecule has 0 amide bonds. The average molecular weight is 317 g/mol. The highest BCUT2D eigenvalue weighted by atomic mass is 32.2. The molecule has 0 bridgehead atoms. The van der Waals surface area contributed by atoms with Gasteiger partial charge in [-0.1, -0.05) is 36.4 Å². The van der Waals surface area contributed by atoms with E-state index in [2.05, 4.69) is 10.1 Å². The lowest BCUT2D eigenvalue weighted by Crippen LogP contribution is -2.16. The molecule has 1 N–H and O–H groups in total. The predicted octanol–water partition coefficient (Wildman–Crippen LogP) is 2.59. The summed E-state index contributed by atoms with van der Waals surface area (Å²) in [6.07, 6.45) is 1.14. The first-order chi connectivity index (χ1) is 10.6. The molecule has 0 saturated carbocycles. The molecule has 114 valence electrons. The highest BCUT2D eigenvalue weighted by molar-refractivity contribution is 7.96. The number of hydrogen-bond donors (Lipinski definition) is 1. The summed E-state index contributed by atoms with van der Waals surface area (Å²) in [5, 5.41) is 2.79. The molecule has 5 nitrogen and oxygen atoms in total. The second-order valence-electron chi connectivity index (χ2n) is 4.33. The fraction of sp³-hybridized carbons (Fsp3) is 0.0625. The van der Waals surface area contributed by atoms with E-state index in [1.165, 1.54) is 12.1 Å². The second-order valence-corrected chi connectivity index (χ2v) is 6.25. The molecule has 0 saturated heterocycles. The fourth-order valence-corrected chi connectivity index (χ4v) is 3.04. The molecule has 0 fully saturated rings. The van der Waals surface area contributed by atoms with Crippen molar-refractivity contribution < 1.29 is 17.9 Å². The SMILES string of the molecule is COC(=O)/C(=C\Nc1ccccc1)S(=O)(=O)c1ccccc1. The van der Waals surface area contributed by atoms with Gasteiger partial charge in [-0.05, 0) is 24.3 Å². The highest BCUT2D eigenvalue weighted by Gasteiger charge is 2.27. The van der Waals surface area contributed by atoms with E-state index in [4.69, 9.17) is 0 Å². The average Bonchev–Trinajstić information content (AvgIpc) is 2.56. The third-order valence-corrected chi connectivity index (χ3v) is 4.63. The largest absolute Gasteiger partial charge is 0.465 e. The molecule has 0 unspecified atom stereocenters. The molecule has 0 spiro atoms. The third kappa shape index (κ3) is 3.53. The van der Waals surface area contributed by atoms with Gasteiger partial charge in [-0.3, -0.25) is 0 Å². The Morgan fingerprint density at radius 3 is 2.09 bits per heavy atom. The first kappa shape index (κ1) is 15.8. The van der Waals surface area contributed by atoms with E-state index >= 15 is 0 Å². The number of esters is 1. The standard InChI is InChI=1S/C16H15NO4S/c1-21-16(18)15(12-17-13-8-4-2-5-9-13)22(19,20)14-10-6-3-7-11-14/h2-12,17H,1H3/b15-12+. The Balaban J connectivity index is 2.41. The minimum atomic E-state index is -3.96. The van der Waals surface area contributed by atoms with Gasteiger partial charge in [0.15, 0.2) is 4.91 Å². The van der Waals surface area contributed by atoms with Crippen LogP contribution in [0.25, 0.3) is 0 Å². The number of para-hydroxylation sites is 1. The summed E-state index contributed by atoms with van der Waals surface area (Å²) in [5.41, 5.74) is 0.659. The molecule has 0 radical (unpaired) electrons. The van der Waals surface area contributed by atoms with Crippen LogP contribution in [0.3, 0.4) is 0 Å². The van der Waals surface area contributed by atoms with Gasteiger partial charge in [0.1, 0.15) is 0 Å². The third-order valence-electron chi connectivity index (χ3n) is 2.87. The highest BCUT2D eigenvalue weighted by Crippen LogP contribution is 2.20. The second kappa shape index (κ2) is 6.91. The predicted molar refractivity (Wildman–Crippen MR) is 83.8 cm³/mol.